The smallest absolute Gasteiger partial charge is 0.321 e. The molecule has 1 amide bonds. The largest absolute Gasteiger partial charge is 0.416 e. The molecule has 0 aliphatic rings. The number of rotatable bonds is 2. The summed E-state index contributed by atoms with van der Waals surface area (Å²) in [5.41, 5.74) is -0.687. The molecule has 0 fully saturated rings. The number of amides is 1. The molecule has 7 heteroatoms. The summed E-state index contributed by atoms with van der Waals surface area (Å²) < 4.78 is 51.2. The van der Waals surface area contributed by atoms with Crippen LogP contribution in [0, 0.1) is 9.39 Å². The van der Waals surface area contributed by atoms with E-state index in [0.29, 0.717) is 9.26 Å². The van der Waals surface area contributed by atoms with Crippen LogP contribution < -0.4 is 5.32 Å². The molecule has 2 nitrogen and oxygen atoms in total. The van der Waals surface area contributed by atoms with Gasteiger partial charge in [0.25, 0.3) is 5.91 Å². The highest BCUT2D eigenvalue weighted by Gasteiger charge is 2.30. The van der Waals surface area contributed by atoms with Gasteiger partial charge in [-0.05, 0) is 59.0 Å². The predicted molar refractivity (Wildman–Crippen MR) is 78.5 cm³/mol. The summed E-state index contributed by atoms with van der Waals surface area (Å²) in [5, 5.41) is 2.45. The van der Waals surface area contributed by atoms with Crippen LogP contribution in [0.25, 0.3) is 0 Å². The topological polar surface area (TPSA) is 29.1 Å². The van der Waals surface area contributed by atoms with E-state index in [4.69, 9.17) is 0 Å². The summed E-state index contributed by atoms with van der Waals surface area (Å²) in [5.74, 6) is -1.15. The number of hydrogen-bond donors (Lipinski definition) is 1. The number of hydrogen-bond acceptors (Lipinski definition) is 1. The van der Waals surface area contributed by atoms with Crippen LogP contribution in [-0.2, 0) is 6.18 Å². The lowest BCUT2D eigenvalue weighted by Gasteiger charge is -2.10. The highest BCUT2D eigenvalue weighted by atomic mass is 127. The minimum atomic E-state index is -4.51. The Balaban J connectivity index is 2.25. The Morgan fingerprint density at radius 2 is 1.81 bits per heavy atom. The summed E-state index contributed by atoms with van der Waals surface area (Å²) in [6.07, 6.45) is -4.51. The molecule has 0 spiro atoms. The lowest BCUT2D eigenvalue weighted by Crippen LogP contribution is -2.14. The minimum Gasteiger partial charge on any atom is -0.321 e. The molecule has 0 unspecified atom stereocenters. The molecule has 0 aliphatic carbocycles. The summed E-state index contributed by atoms with van der Waals surface area (Å²) in [6.45, 7) is 0. The van der Waals surface area contributed by atoms with Crippen molar-refractivity contribution in [3.05, 3.63) is 63.0 Å². The normalized spacial score (nSPS) is 11.3. The summed E-state index contributed by atoms with van der Waals surface area (Å²) in [4.78, 5) is 12.0. The molecule has 0 saturated carbocycles. The van der Waals surface area contributed by atoms with Gasteiger partial charge >= 0.3 is 6.18 Å². The van der Waals surface area contributed by atoms with Crippen LogP contribution in [0.1, 0.15) is 15.9 Å². The lowest BCUT2D eigenvalue weighted by molar-refractivity contribution is -0.137. The Hall–Kier alpha value is -1.64. The van der Waals surface area contributed by atoms with Crippen molar-refractivity contribution in [3.8, 4) is 0 Å². The van der Waals surface area contributed by atoms with Gasteiger partial charge in [-0.25, -0.2) is 4.39 Å². The van der Waals surface area contributed by atoms with Gasteiger partial charge in [0, 0.05) is 9.13 Å². The Kier molecular flexibility index (Phi) is 4.50. The molecule has 2 rings (SSSR count). The van der Waals surface area contributed by atoms with Gasteiger partial charge in [-0.15, -0.1) is 0 Å². The molecule has 0 aromatic heterocycles. The van der Waals surface area contributed by atoms with Crippen LogP contribution in [0.2, 0.25) is 0 Å². The number of alkyl halides is 3. The number of carbonyl (C=O) groups is 1. The summed E-state index contributed by atoms with van der Waals surface area (Å²) in [6, 6.07) is 7.81. The van der Waals surface area contributed by atoms with Crippen molar-refractivity contribution in [3.63, 3.8) is 0 Å². The Labute approximate surface area is 131 Å². The van der Waals surface area contributed by atoms with Crippen molar-refractivity contribution in [2.75, 3.05) is 5.32 Å². The monoisotopic (exact) mass is 409 g/mol. The molecule has 2 aromatic carbocycles. The van der Waals surface area contributed by atoms with Crippen LogP contribution in [0.15, 0.2) is 42.5 Å². The molecule has 0 bridgehead atoms. The molecule has 1 N–H and O–H groups in total. The zero-order chi connectivity index (χ0) is 15.6. The third-order valence-electron chi connectivity index (χ3n) is 2.63. The molecule has 0 heterocycles. The first-order valence-corrected chi connectivity index (χ1v) is 6.79. The van der Waals surface area contributed by atoms with Crippen molar-refractivity contribution in [2.24, 2.45) is 0 Å². The van der Waals surface area contributed by atoms with Gasteiger partial charge in [0.2, 0.25) is 0 Å². The minimum absolute atomic E-state index is 0.120. The highest BCUT2D eigenvalue weighted by molar-refractivity contribution is 14.1. The number of anilines is 1. The second-order valence-corrected chi connectivity index (χ2v) is 5.32. The van der Waals surface area contributed by atoms with E-state index in [1.54, 1.807) is 0 Å². The standard InChI is InChI=1S/C14H8F4INO/c15-10-4-5-12(11(19)7-10)20-13(21)8-2-1-3-9(6-8)14(16,17)18/h1-7H,(H,20,21). The molecule has 0 atom stereocenters. The van der Waals surface area contributed by atoms with Crippen molar-refractivity contribution < 1.29 is 22.4 Å². The van der Waals surface area contributed by atoms with Gasteiger partial charge in [-0.3, -0.25) is 4.79 Å². The van der Waals surface area contributed by atoms with Crippen molar-refractivity contribution >= 4 is 34.2 Å². The fourth-order valence-electron chi connectivity index (χ4n) is 1.62. The summed E-state index contributed by atoms with van der Waals surface area (Å²) in [7, 11) is 0. The number of carbonyl (C=O) groups excluding carboxylic acids is 1. The van der Waals surface area contributed by atoms with Crippen LogP contribution in [-0.4, -0.2) is 5.91 Å². The first-order valence-electron chi connectivity index (χ1n) is 5.71. The van der Waals surface area contributed by atoms with Crippen LogP contribution >= 0.6 is 22.6 Å². The highest BCUT2D eigenvalue weighted by Crippen LogP contribution is 2.29. The molecular formula is C14H8F4INO. The van der Waals surface area contributed by atoms with Crippen molar-refractivity contribution in [1.29, 1.82) is 0 Å². The van der Waals surface area contributed by atoms with Crippen molar-refractivity contribution in [1.82, 2.24) is 0 Å². The maximum absolute atomic E-state index is 12.9. The van der Waals surface area contributed by atoms with E-state index in [9.17, 15) is 22.4 Å². The zero-order valence-corrected chi connectivity index (χ0v) is 12.5. The number of benzene rings is 2. The van der Waals surface area contributed by atoms with Gasteiger partial charge in [0.05, 0.1) is 11.3 Å². The zero-order valence-electron chi connectivity index (χ0n) is 10.3. The second kappa shape index (κ2) is 6.00. The Morgan fingerprint density at radius 3 is 2.43 bits per heavy atom. The molecule has 0 radical (unpaired) electrons. The first-order chi connectivity index (χ1) is 9.77. The molecule has 0 aliphatic heterocycles. The number of halogens is 5. The third-order valence-corrected chi connectivity index (χ3v) is 3.52. The van der Waals surface area contributed by atoms with E-state index in [2.05, 4.69) is 5.32 Å². The first kappa shape index (κ1) is 15.7. The average Bonchev–Trinajstić information content (AvgIpc) is 2.41. The molecule has 21 heavy (non-hydrogen) atoms. The lowest BCUT2D eigenvalue weighted by atomic mass is 10.1. The van der Waals surface area contributed by atoms with E-state index in [-0.39, 0.29) is 5.56 Å². The Morgan fingerprint density at radius 1 is 1.10 bits per heavy atom. The fourth-order valence-corrected chi connectivity index (χ4v) is 2.23. The maximum atomic E-state index is 12.9. The van der Waals surface area contributed by atoms with E-state index in [1.807, 2.05) is 22.6 Å². The Bertz CT molecular complexity index is 685. The molecule has 2 aromatic rings. The second-order valence-electron chi connectivity index (χ2n) is 4.16. The van der Waals surface area contributed by atoms with Crippen LogP contribution in [0.5, 0.6) is 0 Å². The quantitative estimate of drug-likeness (QED) is 0.566. The SMILES string of the molecule is O=C(Nc1ccc(F)cc1I)c1cccc(C(F)(F)F)c1. The van der Waals surface area contributed by atoms with Gasteiger partial charge < -0.3 is 5.32 Å². The van der Waals surface area contributed by atoms with Gasteiger partial charge in [0.1, 0.15) is 5.82 Å². The van der Waals surface area contributed by atoms with Crippen LogP contribution in [0.4, 0.5) is 23.2 Å². The van der Waals surface area contributed by atoms with Gasteiger partial charge in [-0.1, -0.05) is 6.07 Å². The molecule has 110 valence electrons. The van der Waals surface area contributed by atoms with Gasteiger partial charge in [0.15, 0.2) is 0 Å². The van der Waals surface area contributed by atoms with Gasteiger partial charge in [-0.2, -0.15) is 13.2 Å². The van der Waals surface area contributed by atoms with Crippen molar-refractivity contribution in [2.45, 2.75) is 6.18 Å². The molecular weight excluding hydrogens is 401 g/mol. The van der Waals surface area contributed by atoms with E-state index in [0.717, 1.165) is 24.3 Å². The van der Waals surface area contributed by atoms with Crippen LogP contribution in [0.3, 0.4) is 0 Å². The average molecular weight is 409 g/mol. The molecule has 0 saturated heterocycles. The fraction of sp³-hybridized carbons (Fsp3) is 0.0714. The summed E-state index contributed by atoms with van der Waals surface area (Å²) >= 11 is 1.82. The van der Waals surface area contributed by atoms with E-state index < -0.39 is 23.5 Å². The third kappa shape index (κ3) is 3.93. The van der Waals surface area contributed by atoms with E-state index >= 15 is 0 Å². The maximum Gasteiger partial charge on any atom is 0.416 e. The van der Waals surface area contributed by atoms with E-state index in [1.165, 1.54) is 18.2 Å². The number of nitrogens with one attached hydrogen (secondary N) is 1. The predicted octanol–water partition coefficient (Wildman–Crippen LogP) is 4.70.